The molecule has 0 aliphatic carbocycles. The highest BCUT2D eigenvalue weighted by atomic mass is 16.5. The number of hydrogen-bond donors (Lipinski definition) is 1. The van der Waals surface area contributed by atoms with Crippen molar-refractivity contribution in [2.24, 2.45) is 10.9 Å². The van der Waals surface area contributed by atoms with E-state index in [0.29, 0.717) is 13.2 Å². The fourth-order valence-corrected chi connectivity index (χ4v) is 3.52. The number of hydrogen-bond acceptors (Lipinski definition) is 4. The molecule has 1 saturated heterocycles. The summed E-state index contributed by atoms with van der Waals surface area (Å²) in [5, 5.41) is 3.43. The van der Waals surface area contributed by atoms with E-state index in [2.05, 4.69) is 33.4 Å². The van der Waals surface area contributed by atoms with Crippen LogP contribution in [0.15, 0.2) is 59.6 Å². The van der Waals surface area contributed by atoms with Crippen molar-refractivity contribution in [3.8, 4) is 5.75 Å². The summed E-state index contributed by atoms with van der Waals surface area (Å²) in [5.74, 6) is 1.61. The first kappa shape index (κ1) is 20.7. The van der Waals surface area contributed by atoms with Crippen molar-refractivity contribution < 1.29 is 14.3 Å². The van der Waals surface area contributed by atoms with Crippen LogP contribution < -0.4 is 10.1 Å². The number of nitrogens with zero attached hydrogens (tertiary/aromatic N) is 2. The molecule has 29 heavy (non-hydrogen) atoms. The number of guanidine groups is 1. The molecule has 0 bridgehead atoms. The first-order valence-corrected chi connectivity index (χ1v) is 9.98. The monoisotopic (exact) mass is 395 g/mol. The third-order valence-corrected chi connectivity index (χ3v) is 5.13. The minimum Gasteiger partial charge on any atom is -0.489 e. The zero-order valence-corrected chi connectivity index (χ0v) is 17.1. The van der Waals surface area contributed by atoms with Gasteiger partial charge in [0.25, 0.3) is 0 Å². The molecule has 3 rings (SSSR count). The van der Waals surface area contributed by atoms with Crippen molar-refractivity contribution >= 4 is 11.9 Å². The Labute approximate surface area is 172 Å². The van der Waals surface area contributed by atoms with Crippen LogP contribution in [-0.4, -0.2) is 44.1 Å². The number of methoxy groups -OCH3 is 1. The fraction of sp³-hybridized carbons (Fsp3) is 0.391. The lowest BCUT2D eigenvalue weighted by Gasteiger charge is -2.33. The number of likely N-dealkylation sites (tertiary alicyclic amines) is 1. The lowest BCUT2D eigenvalue weighted by molar-refractivity contribution is -0.146. The van der Waals surface area contributed by atoms with E-state index in [1.165, 1.54) is 12.7 Å². The number of carbonyl (C=O) groups is 1. The zero-order valence-electron chi connectivity index (χ0n) is 17.1. The molecule has 0 atom stereocenters. The van der Waals surface area contributed by atoms with E-state index in [1.807, 2.05) is 36.4 Å². The molecule has 2 aromatic carbocycles. The molecular weight excluding hydrogens is 366 g/mol. The molecule has 1 fully saturated rings. The number of ether oxygens (including phenoxy) is 2. The van der Waals surface area contributed by atoms with Gasteiger partial charge in [-0.3, -0.25) is 9.79 Å². The standard InChI is InChI=1S/C23H29N3O3/c1-24-23(26-13-11-20(12-14-26)22(27)28-2)25-16-18-7-6-8-19(15-18)17-29-21-9-4-3-5-10-21/h3-10,15,20H,11-14,16-17H2,1-2H3,(H,24,25). The average molecular weight is 396 g/mol. The molecule has 2 aromatic rings. The van der Waals surface area contributed by atoms with Gasteiger partial charge >= 0.3 is 5.97 Å². The predicted molar refractivity (Wildman–Crippen MR) is 114 cm³/mol. The first-order valence-electron chi connectivity index (χ1n) is 9.98. The van der Waals surface area contributed by atoms with Crippen LogP contribution in [0, 0.1) is 5.92 Å². The lowest BCUT2D eigenvalue weighted by Crippen LogP contribution is -2.46. The Bertz CT molecular complexity index is 815. The summed E-state index contributed by atoms with van der Waals surface area (Å²) in [5.41, 5.74) is 2.30. The number of carbonyl (C=O) groups excluding carboxylic acids is 1. The summed E-state index contributed by atoms with van der Waals surface area (Å²) in [6, 6.07) is 18.2. The van der Waals surface area contributed by atoms with Gasteiger partial charge in [0.1, 0.15) is 12.4 Å². The molecule has 1 aliphatic heterocycles. The number of piperidine rings is 1. The zero-order chi connectivity index (χ0) is 20.5. The molecule has 154 valence electrons. The van der Waals surface area contributed by atoms with Gasteiger partial charge < -0.3 is 19.7 Å². The summed E-state index contributed by atoms with van der Waals surface area (Å²) >= 11 is 0. The number of esters is 1. The highest BCUT2D eigenvalue weighted by molar-refractivity contribution is 5.80. The molecule has 1 aliphatic rings. The molecule has 0 radical (unpaired) electrons. The first-order chi connectivity index (χ1) is 14.2. The van der Waals surface area contributed by atoms with Gasteiger partial charge in [-0.15, -0.1) is 0 Å². The molecule has 6 heteroatoms. The van der Waals surface area contributed by atoms with E-state index < -0.39 is 0 Å². The molecule has 1 heterocycles. The predicted octanol–water partition coefficient (Wildman–Crippen LogP) is 3.23. The maximum atomic E-state index is 11.7. The summed E-state index contributed by atoms with van der Waals surface area (Å²) in [6.45, 7) is 2.81. The van der Waals surface area contributed by atoms with Gasteiger partial charge in [0.05, 0.1) is 13.0 Å². The van der Waals surface area contributed by atoms with Crippen molar-refractivity contribution in [2.45, 2.75) is 26.0 Å². The Morgan fingerprint density at radius 1 is 1.10 bits per heavy atom. The van der Waals surface area contributed by atoms with Gasteiger partial charge in [0.2, 0.25) is 0 Å². The summed E-state index contributed by atoms with van der Waals surface area (Å²) in [6.07, 6.45) is 1.58. The van der Waals surface area contributed by atoms with Gasteiger partial charge in [-0.2, -0.15) is 0 Å². The Morgan fingerprint density at radius 2 is 1.83 bits per heavy atom. The van der Waals surface area contributed by atoms with E-state index >= 15 is 0 Å². The quantitative estimate of drug-likeness (QED) is 0.462. The highest BCUT2D eigenvalue weighted by Crippen LogP contribution is 2.18. The Kier molecular flexibility index (Phi) is 7.50. The van der Waals surface area contributed by atoms with Gasteiger partial charge in [-0.25, -0.2) is 0 Å². The van der Waals surface area contributed by atoms with Crippen LogP contribution in [0.3, 0.4) is 0 Å². The fourth-order valence-electron chi connectivity index (χ4n) is 3.52. The number of para-hydroxylation sites is 1. The van der Waals surface area contributed by atoms with Gasteiger partial charge in [-0.1, -0.05) is 42.5 Å². The summed E-state index contributed by atoms with van der Waals surface area (Å²) in [4.78, 5) is 18.3. The van der Waals surface area contributed by atoms with E-state index in [4.69, 9.17) is 9.47 Å². The Morgan fingerprint density at radius 3 is 2.52 bits per heavy atom. The van der Waals surface area contributed by atoms with E-state index in [9.17, 15) is 4.79 Å². The van der Waals surface area contributed by atoms with E-state index in [-0.39, 0.29) is 11.9 Å². The van der Waals surface area contributed by atoms with Gasteiger partial charge in [0.15, 0.2) is 5.96 Å². The second kappa shape index (κ2) is 10.5. The number of benzene rings is 2. The Balaban J connectivity index is 1.50. The molecule has 0 saturated carbocycles. The average Bonchev–Trinajstić information content (AvgIpc) is 2.79. The van der Waals surface area contributed by atoms with Crippen LogP contribution >= 0.6 is 0 Å². The van der Waals surface area contributed by atoms with Crippen molar-refractivity contribution in [1.29, 1.82) is 0 Å². The molecule has 1 N–H and O–H groups in total. The maximum absolute atomic E-state index is 11.7. The number of aliphatic imine (C=N–C) groups is 1. The van der Waals surface area contributed by atoms with E-state index in [1.54, 1.807) is 7.05 Å². The van der Waals surface area contributed by atoms with Crippen molar-refractivity contribution in [2.75, 3.05) is 27.2 Å². The summed E-state index contributed by atoms with van der Waals surface area (Å²) in [7, 11) is 3.24. The number of rotatable bonds is 6. The third-order valence-electron chi connectivity index (χ3n) is 5.13. The van der Waals surface area contributed by atoms with Crippen LogP contribution in [0.25, 0.3) is 0 Å². The largest absolute Gasteiger partial charge is 0.489 e. The lowest BCUT2D eigenvalue weighted by atomic mass is 9.97. The van der Waals surface area contributed by atoms with Crippen LogP contribution in [0.4, 0.5) is 0 Å². The second-order valence-corrected chi connectivity index (χ2v) is 7.11. The molecule has 0 unspecified atom stereocenters. The minimum absolute atomic E-state index is 0.00403. The minimum atomic E-state index is -0.109. The van der Waals surface area contributed by atoms with Crippen LogP contribution in [0.1, 0.15) is 24.0 Å². The van der Waals surface area contributed by atoms with Crippen LogP contribution in [0.2, 0.25) is 0 Å². The summed E-state index contributed by atoms with van der Waals surface area (Å²) < 4.78 is 10.7. The maximum Gasteiger partial charge on any atom is 0.308 e. The molecule has 6 nitrogen and oxygen atoms in total. The topological polar surface area (TPSA) is 63.2 Å². The van der Waals surface area contributed by atoms with E-state index in [0.717, 1.165) is 43.2 Å². The molecule has 0 aromatic heterocycles. The van der Waals surface area contributed by atoms with Crippen LogP contribution in [-0.2, 0) is 22.7 Å². The van der Waals surface area contributed by atoms with Gasteiger partial charge in [-0.05, 0) is 36.1 Å². The second-order valence-electron chi connectivity index (χ2n) is 7.11. The molecular formula is C23H29N3O3. The van der Waals surface area contributed by atoms with Gasteiger partial charge in [0, 0.05) is 26.7 Å². The normalized spacial score (nSPS) is 15.1. The highest BCUT2D eigenvalue weighted by Gasteiger charge is 2.26. The Hall–Kier alpha value is -3.02. The van der Waals surface area contributed by atoms with Crippen LogP contribution in [0.5, 0.6) is 5.75 Å². The molecule has 0 amide bonds. The SMILES string of the molecule is CN=C(NCc1cccc(COc2ccccc2)c1)N1CCC(C(=O)OC)CC1. The third kappa shape index (κ3) is 5.98. The smallest absolute Gasteiger partial charge is 0.308 e. The van der Waals surface area contributed by atoms with Crippen molar-refractivity contribution in [3.63, 3.8) is 0 Å². The number of nitrogens with one attached hydrogen (secondary N) is 1. The molecule has 0 spiro atoms. The van der Waals surface area contributed by atoms with Crippen molar-refractivity contribution in [1.82, 2.24) is 10.2 Å². The van der Waals surface area contributed by atoms with Crippen molar-refractivity contribution in [3.05, 3.63) is 65.7 Å².